The average molecular weight is 303 g/mol. The normalized spacial score (nSPS) is 12.1. The highest BCUT2D eigenvalue weighted by atomic mass is 16.5. The quantitative estimate of drug-likeness (QED) is 0.839. The molecule has 2 N–H and O–H groups in total. The number of ether oxygens (including phenoxy) is 1. The lowest BCUT2D eigenvalue weighted by atomic mass is 10.2. The van der Waals surface area contributed by atoms with Crippen LogP contribution in [-0.4, -0.2) is 27.5 Å². The maximum absolute atomic E-state index is 12.0. The zero-order chi connectivity index (χ0) is 16.4. The van der Waals surface area contributed by atoms with Crippen LogP contribution in [0, 0.1) is 6.92 Å². The van der Waals surface area contributed by atoms with E-state index in [1.165, 1.54) is 19.1 Å². The standard InChI is InChI=1S/C15H17N3O4/c1-4-18-12-6-5-10(15(21)22-9(3)13(16)19)7-11(12)17-8(2)14(18)20/h5-7,9H,4H2,1-3H3,(H2,16,19)/t9-/m1/s1. The van der Waals surface area contributed by atoms with Gasteiger partial charge in [0.25, 0.3) is 11.5 Å². The number of primary amides is 1. The predicted molar refractivity (Wildman–Crippen MR) is 80.5 cm³/mol. The van der Waals surface area contributed by atoms with Crippen LogP contribution in [0.4, 0.5) is 0 Å². The van der Waals surface area contributed by atoms with E-state index >= 15 is 0 Å². The van der Waals surface area contributed by atoms with Gasteiger partial charge in [-0.05, 0) is 39.0 Å². The van der Waals surface area contributed by atoms with Gasteiger partial charge in [0.05, 0.1) is 16.6 Å². The first-order valence-corrected chi connectivity index (χ1v) is 6.86. The van der Waals surface area contributed by atoms with Gasteiger partial charge in [0, 0.05) is 6.54 Å². The van der Waals surface area contributed by atoms with E-state index in [-0.39, 0.29) is 11.1 Å². The lowest BCUT2D eigenvalue weighted by Crippen LogP contribution is -2.30. The van der Waals surface area contributed by atoms with E-state index in [9.17, 15) is 14.4 Å². The van der Waals surface area contributed by atoms with Crippen molar-refractivity contribution in [1.29, 1.82) is 0 Å². The molecule has 1 aromatic heterocycles. The molecule has 0 aliphatic carbocycles. The Morgan fingerprint density at radius 2 is 2.09 bits per heavy atom. The van der Waals surface area contributed by atoms with Crippen LogP contribution in [-0.2, 0) is 16.1 Å². The highest BCUT2D eigenvalue weighted by Crippen LogP contribution is 2.15. The van der Waals surface area contributed by atoms with Crippen LogP contribution >= 0.6 is 0 Å². The van der Waals surface area contributed by atoms with Crippen LogP contribution in [0.15, 0.2) is 23.0 Å². The van der Waals surface area contributed by atoms with Crippen molar-refractivity contribution < 1.29 is 14.3 Å². The van der Waals surface area contributed by atoms with Crippen molar-refractivity contribution in [3.05, 3.63) is 39.8 Å². The van der Waals surface area contributed by atoms with Gasteiger partial charge in [-0.1, -0.05) is 0 Å². The number of rotatable bonds is 4. The Hall–Kier alpha value is -2.70. The molecule has 0 spiro atoms. The third kappa shape index (κ3) is 2.83. The molecular formula is C15H17N3O4. The Kier molecular flexibility index (Phi) is 4.25. The van der Waals surface area contributed by atoms with Gasteiger partial charge in [-0.15, -0.1) is 0 Å². The zero-order valence-corrected chi connectivity index (χ0v) is 12.6. The molecule has 22 heavy (non-hydrogen) atoms. The van der Waals surface area contributed by atoms with E-state index in [2.05, 4.69) is 4.98 Å². The minimum Gasteiger partial charge on any atom is -0.449 e. The number of fused-ring (bicyclic) bond motifs is 1. The Morgan fingerprint density at radius 1 is 1.41 bits per heavy atom. The molecule has 1 atom stereocenters. The number of nitrogens with zero attached hydrogens (tertiary/aromatic N) is 2. The average Bonchev–Trinajstić information content (AvgIpc) is 2.47. The summed E-state index contributed by atoms with van der Waals surface area (Å²) in [5.74, 6) is -1.38. The number of aromatic nitrogens is 2. The maximum atomic E-state index is 12.0. The number of benzene rings is 1. The molecule has 0 saturated carbocycles. The summed E-state index contributed by atoms with van der Waals surface area (Å²) in [7, 11) is 0. The fraction of sp³-hybridized carbons (Fsp3) is 0.333. The molecular weight excluding hydrogens is 286 g/mol. The number of esters is 1. The number of nitrogens with two attached hydrogens (primary N) is 1. The van der Waals surface area contributed by atoms with Gasteiger partial charge >= 0.3 is 5.97 Å². The third-order valence-corrected chi connectivity index (χ3v) is 3.35. The molecule has 1 aromatic carbocycles. The molecule has 2 aromatic rings. The molecule has 0 radical (unpaired) electrons. The van der Waals surface area contributed by atoms with Crippen molar-refractivity contribution in [1.82, 2.24) is 9.55 Å². The second kappa shape index (κ2) is 5.97. The topological polar surface area (TPSA) is 104 Å². The van der Waals surface area contributed by atoms with Crippen molar-refractivity contribution in [3.63, 3.8) is 0 Å². The molecule has 2 rings (SSSR count). The van der Waals surface area contributed by atoms with Crippen molar-refractivity contribution >= 4 is 22.9 Å². The van der Waals surface area contributed by atoms with E-state index in [1.54, 1.807) is 17.6 Å². The monoisotopic (exact) mass is 303 g/mol. The maximum Gasteiger partial charge on any atom is 0.338 e. The summed E-state index contributed by atoms with van der Waals surface area (Å²) in [4.78, 5) is 39.1. The number of hydrogen-bond acceptors (Lipinski definition) is 5. The van der Waals surface area contributed by atoms with Crippen molar-refractivity contribution in [2.45, 2.75) is 33.4 Å². The summed E-state index contributed by atoms with van der Waals surface area (Å²) in [5, 5.41) is 0. The molecule has 0 aliphatic rings. The Bertz CT molecular complexity index is 810. The van der Waals surface area contributed by atoms with Gasteiger partial charge in [0.15, 0.2) is 6.10 Å². The van der Waals surface area contributed by atoms with Crippen LogP contribution < -0.4 is 11.3 Å². The fourth-order valence-corrected chi connectivity index (χ4v) is 2.10. The summed E-state index contributed by atoms with van der Waals surface area (Å²) < 4.78 is 6.53. The van der Waals surface area contributed by atoms with E-state index in [0.717, 1.165) is 0 Å². The minimum absolute atomic E-state index is 0.160. The van der Waals surface area contributed by atoms with Gasteiger partial charge in [-0.25, -0.2) is 9.78 Å². The minimum atomic E-state index is -1.01. The number of carbonyl (C=O) groups is 2. The van der Waals surface area contributed by atoms with Crippen molar-refractivity contribution in [2.24, 2.45) is 5.73 Å². The summed E-state index contributed by atoms with van der Waals surface area (Å²) >= 11 is 0. The Balaban J connectivity index is 2.47. The van der Waals surface area contributed by atoms with Gasteiger partial charge in [0.2, 0.25) is 0 Å². The molecule has 1 amide bonds. The van der Waals surface area contributed by atoms with Crippen LogP contribution in [0.25, 0.3) is 11.0 Å². The second-order valence-corrected chi connectivity index (χ2v) is 4.90. The fourth-order valence-electron chi connectivity index (χ4n) is 2.10. The van der Waals surface area contributed by atoms with Crippen LogP contribution in [0.3, 0.4) is 0 Å². The summed E-state index contributed by atoms with van der Waals surface area (Å²) in [6.07, 6.45) is -1.01. The summed E-state index contributed by atoms with van der Waals surface area (Å²) in [6.45, 7) is 5.38. The zero-order valence-electron chi connectivity index (χ0n) is 12.6. The lowest BCUT2D eigenvalue weighted by Gasteiger charge is -2.12. The van der Waals surface area contributed by atoms with Crippen LogP contribution in [0.5, 0.6) is 0 Å². The van der Waals surface area contributed by atoms with Gasteiger partial charge in [-0.3, -0.25) is 9.59 Å². The first-order valence-electron chi connectivity index (χ1n) is 6.86. The summed E-state index contributed by atoms with van der Waals surface area (Å²) in [5.41, 5.74) is 6.65. The number of aryl methyl sites for hydroxylation is 2. The van der Waals surface area contributed by atoms with Gasteiger partial charge in [-0.2, -0.15) is 0 Å². The van der Waals surface area contributed by atoms with Gasteiger partial charge in [0.1, 0.15) is 5.69 Å². The highest BCUT2D eigenvalue weighted by molar-refractivity contribution is 5.95. The predicted octanol–water partition coefficient (Wildman–Crippen LogP) is 0.755. The molecule has 7 heteroatoms. The molecule has 7 nitrogen and oxygen atoms in total. The first-order chi connectivity index (χ1) is 10.3. The molecule has 0 unspecified atom stereocenters. The van der Waals surface area contributed by atoms with E-state index in [1.807, 2.05) is 6.92 Å². The van der Waals surface area contributed by atoms with Crippen molar-refractivity contribution in [2.75, 3.05) is 0 Å². The highest BCUT2D eigenvalue weighted by Gasteiger charge is 2.17. The third-order valence-electron chi connectivity index (χ3n) is 3.35. The van der Waals surface area contributed by atoms with E-state index in [4.69, 9.17) is 10.5 Å². The largest absolute Gasteiger partial charge is 0.449 e. The Labute approximate surface area is 126 Å². The van der Waals surface area contributed by atoms with E-state index < -0.39 is 18.0 Å². The summed E-state index contributed by atoms with van der Waals surface area (Å²) in [6, 6.07) is 4.70. The molecule has 0 aliphatic heterocycles. The lowest BCUT2D eigenvalue weighted by molar-refractivity contribution is -0.125. The number of amides is 1. The molecule has 116 valence electrons. The molecule has 0 bridgehead atoms. The first kappa shape index (κ1) is 15.7. The van der Waals surface area contributed by atoms with Crippen LogP contribution in [0.2, 0.25) is 0 Å². The van der Waals surface area contributed by atoms with Crippen molar-refractivity contribution in [3.8, 4) is 0 Å². The van der Waals surface area contributed by atoms with E-state index in [0.29, 0.717) is 23.3 Å². The smallest absolute Gasteiger partial charge is 0.338 e. The van der Waals surface area contributed by atoms with Gasteiger partial charge < -0.3 is 15.0 Å². The SMILES string of the molecule is CCn1c(=O)c(C)nc2cc(C(=O)O[C@H](C)C(N)=O)ccc21. The number of carbonyl (C=O) groups excluding carboxylic acids is 2. The molecule has 0 fully saturated rings. The van der Waals surface area contributed by atoms with Crippen LogP contribution in [0.1, 0.15) is 29.9 Å². The molecule has 1 heterocycles. The second-order valence-electron chi connectivity index (χ2n) is 4.90. The molecule has 0 saturated heterocycles. The number of hydrogen-bond donors (Lipinski definition) is 1. The Morgan fingerprint density at radius 3 is 2.68 bits per heavy atom.